The number of methoxy groups -OCH3 is 1. The summed E-state index contributed by atoms with van der Waals surface area (Å²) in [5.41, 5.74) is 6.48. The van der Waals surface area contributed by atoms with Gasteiger partial charge in [-0.25, -0.2) is 0 Å². The number of ether oxygens (including phenoxy) is 2. The minimum atomic E-state index is 0.451. The number of hydrogen-bond acceptors (Lipinski definition) is 4. The molecule has 1 heterocycles. The van der Waals surface area contributed by atoms with Gasteiger partial charge in [0.15, 0.2) is 0 Å². The fourth-order valence-corrected chi connectivity index (χ4v) is 1.41. The molecule has 88 valence electrons. The van der Waals surface area contributed by atoms with E-state index in [1.807, 2.05) is 30.3 Å². The zero-order chi connectivity index (χ0) is 12.1. The van der Waals surface area contributed by atoms with E-state index in [0.717, 1.165) is 17.1 Å². The van der Waals surface area contributed by atoms with Crippen LogP contribution < -0.4 is 15.2 Å². The maximum atomic E-state index is 5.65. The van der Waals surface area contributed by atoms with Gasteiger partial charge in [-0.2, -0.15) is 0 Å². The Balaban J connectivity index is 2.13. The van der Waals surface area contributed by atoms with Gasteiger partial charge in [0.1, 0.15) is 17.2 Å². The van der Waals surface area contributed by atoms with Crippen molar-refractivity contribution >= 4 is 0 Å². The Morgan fingerprint density at radius 2 is 1.76 bits per heavy atom. The van der Waals surface area contributed by atoms with Crippen LogP contribution in [0.25, 0.3) is 0 Å². The summed E-state index contributed by atoms with van der Waals surface area (Å²) in [5.74, 6) is 2.21. The van der Waals surface area contributed by atoms with Gasteiger partial charge in [-0.15, -0.1) is 0 Å². The fraction of sp³-hybridized carbons (Fsp3) is 0.154. The Morgan fingerprint density at radius 3 is 2.41 bits per heavy atom. The molecule has 2 N–H and O–H groups in total. The monoisotopic (exact) mass is 230 g/mol. The van der Waals surface area contributed by atoms with E-state index in [1.54, 1.807) is 19.5 Å². The molecule has 0 aliphatic heterocycles. The van der Waals surface area contributed by atoms with Gasteiger partial charge in [-0.05, 0) is 35.9 Å². The lowest BCUT2D eigenvalue weighted by atomic mass is 10.3. The van der Waals surface area contributed by atoms with Crippen molar-refractivity contribution in [2.45, 2.75) is 6.54 Å². The number of aromatic nitrogens is 1. The lowest BCUT2D eigenvalue weighted by Crippen LogP contribution is -1.97. The SMILES string of the molecule is COc1ccc(Oc2cncc(CN)c2)cc1. The maximum Gasteiger partial charge on any atom is 0.146 e. The highest BCUT2D eigenvalue weighted by atomic mass is 16.5. The van der Waals surface area contributed by atoms with Crippen LogP contribution in [0.1, 0.15) is 5.56 Å². The minimum absolute atomic E-state index is 0.451. The molecule has 0 aliphatic carbocycles. The molecule has 0 bridgehead atoms. The molecule has 0 atom stereocenters. The molecule has 0 aliphatic rings. The molecular formula is C13H14N2O2. The third-order valence-electron chi connectivity index (χ3n) is 2.30. The van der Waals surface area contributed by atoms with Crippen LogP contribution in [0, 0.1) is 0 Å². The van der Waals surface area contributed by atoms with Crippen LogP contribution in [-0.2, 0) is 6.54 Å². The van der Waals surface area contributed by atoms with Crippen LogP contribution in [-0.4, -0.2) is 12.1 Å². The molecule has 0 amide bonds. The number of nitrogens with two attached hydrogens (primary N) is 1. The van der Waals surface area contributed by atoms with Crippen molar-refractivity contribution in [2.24, 2.45) is 5.73 Å². The van der Waals surface area contributed by atoms with Crippen molar-refractivity contribution in [3.63, 3.8) is 0 Å². The molecule has 0 saturated carbocycles. The summed E-state index contributed by atoms with van der Waals surface area (Å²) >= 11 is 0. The van der Waals surface area contributed by atoms with Crippen LogP contribution in [0.4, 0.5) is 0 Å². The lowest BCUT2D eigenvalue weighted by molar-refractivity contribution is 0.412. The third-order valence-corrected chi connectivity index (χ3v) is 2.30. The summed E-state index contributed by atoms with van der Waals surface area (Å²) < 4.78 is 10.7. The summed E-state index contributed by atoms with van der Waals surface area (Å²) in [5, 5.41) is 0. The molecule has 0 fully saturated rings. The van der Waals surface area contributed by atoms with Crippen LogP contribution in [0.3, 0.4) is 0 Å². The molecule has 2 aromatic rings. The molecule has 0 spiro atoms. The Morgan fingerprint density at radius 1 is 1.06 bits per heavy atom. The first kappa shape index (κ1) is 11.4. The first-order valence-corrected chi connectivity index (χ1v) is 5.27. The quantitative estimate of drug-likeness (QED) is 0.875. The second-order valence-electron chi connectivity index (χ2n) is 3.51. The summed E-state index contributed by atoms with van der Waals surface area (Å²) in [4.78, 5) is 4.06. The molecule has 4 nitrogen and oxygen atoms in total. The van der Waals surface area contributed by atoms with Gasteiger partial charge in [0.25, 0.3) is 0 Å². The zero-order valence-corrected chi connectivity index (χ0v) is 9.59. The second-order valence-corrected chi connectivity index (χ2v) is 3.51. The molecule has 0 radical (unpaired) electrons. The Labute approximate surface area is 100 Å². The minimum Gasteiger partial charge on any atom is -0.497 e. The van der Waals surface area contributed by atoms with Gasteiger partial charge in [-0.3, -0.25) is 4.98 Å². The van der Waals surface area contributed by atoms with Crippen molar-refractivity contribution in [1.29, 1.82) is 0 Å². The molecule has 0 saturated heterocycles. The number of rotatable bonds is 4. The van der Waals surface area contributed by atoms with Crippen LogP contribution in [0.15, 0.2) is 42.7 Å². The van der Waals surface area contributed by atoms with E-state index in [2.05, 4.69) is 4.98 Å². The maximum absolute atomic E-state index is 5.65. The number of benzene rings is 1. The molecule has 1 aromatic carbocycles. The largest absolute Gasteiger partial charge is 0.497 e. The first-order chi connectivity index (χ1) is 8.31. The summed E-state index contributed by atoms with van der Waals surface area (Å²) in [6, 6.07) is 9.24. The van der Waals surface area contributed by atoms with Gasteiger partial charge in [0.05, 0.1) is 13.3 Å². The number of hydrogen-bond donors (Lipinski definition) is 1. The van der Waals surface area contributed by atoms with Crippen LogP contribution in [0.2, 0.25) is 0 Å². The number of pyridine rings is 1. The van der Waals surface area contributed by atoms with Gasteiger partial charge in [0.2, 0.25) is 0 Å². The van der Waals surface area contributed by atoms with Crippen molar-refractivity contribution in [1.82, 2.24) is 4.98 Å². The van der Waals surface area contributed by atoms with Gasteiger partial charge in [-0.1, -0.05) is 0 Å². The Hall–Kier alpha value is -2.07. The van der Waals surface area contributed by atoms with E-state index in [1.165, 1.54) is 0 Å². The van der Waals surface area contributed by atoms with E-state index in [9.17, 15) is 0 Å². The molecule has 1 aromatic heterocycles. The van der Waals surface area contributed by atoms with Crippen LogP contribution in [0.5, 0.6) is 17.2 Å². The van der Waals surface area contributed by atoms with Crippen molar-refractivity contribution in [2.75, 3.05) is 7.11 Å². The van der Waals surface area contributed by atoms with E-state index in [0.29, 0.717) is 12.3 Å². The molecular weight excluding hydrogens is 216 g/mol. The molecule has 4 heteroatoms. The highest BCUT2D eigenvalue weighted by Gasteiger charge is 1.99. The Bertz CT molecular complexity index is 483. The average Bonchev–Trinajstić information content (AvgIpc) is 2.40. The van der Waals surface area contributed by atoms with E-state index in [-0.39, 0.29) is 0 Å². The van der Waals surface area contributed by atoms with Gasteiger partial charge >= 0.3 is 0 Å². The van der Waals surface area contributed by atoms with Crippen molar-refractivity contribution in [3.05, 3.63) is 48.3 Å². The summed E-state index contributed by atoms with van der Waals surface area (Å²) in [6.07, 6.45) is 3.38. The summed E-state index contributed by atoms with van der Waals surface area (Å²) in [7, 11) is 1.63. The topological polar surface area (TPSA) is 57.4 Å². The van der Waals surface area contributed by atoms with E-state index in [4.69, 9.17) is 15.2 Å². The predicted molar refractivity (Wildman–Crippen MR) is 65.2 cm³/mol. The summed E-state index contributed by atoms with van der Waals surface area (Å²) in [6.45, 7) is 0.451. The van der Waals surface area contributed by atoms with Gasteiger partial charge in [0, 0.05) is 12.7 Å². The second kappa shape index (κ2) is 5.32. The fourth-order valence-electron chi connectivity index (χ4n) is 1.41. The zero-order valence-electron chi connectivity index (χ0n) is 9.59. The van der Waals surface area contributed by atoms with Gasteiger partial charge < -0.3 is 15.2 Å². The average molecular weight is 230 g/mol. The van der Waals surface area contributed by atoms with Crippen molar-refractivity contribution in [3.8, 4) is 17.2 Å². The predicted octanol–water partition coefficient (Wildman–Crippen LogP) is 2.34. The highest BCUT2D eigenvalue weighted by Crippen LogP contribution is 2.23. The smallest absolute Gasteiger partial charge is 0.146 e. The molecule has 0 unspecified atom stereocenters. The number of nitrogens with zero attached hydrogens (tertiary/aromatic N) is 1. The molecule has 17 heavy (non-hydrogen) atoms. The first-order valence-electron chi connectivity index (χ1n) is 5.27. The van der Waals surface area contributed by atoms with Crippen LogP contribution >= 0.6 is 0 Å². The standard InChI is InChI=1S/C13H14N2O2/c1-16-11-2-4-12(5-3-11)17-13-6-10(7-14)8-15-9-13/h2-6,8-9H,7,14H2,1H3. The molecule has 2 rings (SSSR count). The highest BCUT2D eigenvalue weighted by molar-refractivity contribution is 5.35. The normalized spacial score (nSPS) is 10.0. The lowest BCUT2D eigenvalue weighted by Gasteiger charge is -2.07. The van der Waals surface area contributed by atoms with E-state index >= 15 is 0 Å². The Kier molecular flexibility index (Phi) is 3.57. The van der Waals surface area contributed by atoms with E-state index < -0.39 is 0 Å². The van der Waals surface area contributed by atoms with Crippen molar-refractivity contribution < 1.29 is 9.47 Å². The third kappa shape index (κ3) is 2.95.